The van der Waals surface area contributed by atoms with Crippen LogP contribution in [0.3, 0.4) is 0 Å². The average molecular weight is 369 g/mol. The van der Waals surface area contributed by atoms with Crippen molar-refractivity contribution in [2.75, 3.05) is 26.2 Å². The molecular weight excluding hydrogens is 348 g/mol. The predicted octanol–water partition coefficient (Wildman–Crippen LogP) is 3.10. The molecule has 1 aliphatic heterocycles. The molecule has 0 spiro atoms. The van der Waals surface area contributed by atoms with Crippen LogP contribution in [0.5, 0.6) is 0 Å². The number of carbonyl (C=O) groups is 1. The van der Waals surface area contributed by atoms with Gasteiger partial charge in [0.15, 0.2) is 0 Å². The molecule has 1 fully saturated rings. The molecule has 0 atom stereocenters. The molecule has 0 saturated carbocycles. The highest BCUT2D eigenvalue weighted by Crippen LogP contribution is 2.16. The highest BCUT2D eigenvalue weighted by molar-refractivity contribution is 6.30. The van der Waals surface area contributed by atoms with E-state index < -0.39 is 0 Å². The summed E-state index contributed by atoms with van der Waals surface area (Å²) in [6, 6.07) is 11.6. The lowest BCUT2D eigenvalue weighted by atomic mass is 10.1. The first-order chi connectivity index (χ1) is 12.7. The van der Waals surface area contributed by atoms with Crippen LogP contribution in [-0.2, 0) is 17.8 Å². The number of hydrogen-bond donors (Lipinski definition) is 1. The number of pyridine rings is 1. The van der Waals surface area contributed by atoms with Crippen molar-refractivity contribution in [1.82, 2.24) is 19.8 Å². The van der Waals surface area contributed by atoms with Crippen molar-refractivity contribution < 1.29 is 4.79 Å². The van der Waals surface area contributed by atoms with Crippen LogP contribution in [0.2, 0.25) is 5.02 Å². The molecule has 6 heteroatoms. The molecule has 134 valence electrons. The Morgan fingerprint density at radius 3 is 2.62 bits per heavy atom. The van der Waals surface area contributed by atoms with Crippen molar-refractivity contribution >= 4 is 28.4 Å². The third kappa shape index (κ3) is 3.89. The Kier molecular flexibility index (Phi) is 4.91. The number of halogens is 1. The number of aromatic amines is 1. The van der Waals surface area contributed by atoms with Crippen molar-refractivity contribution in [3.8, 4) is 0 Å². The Morgan fingerprint density at radius 2 is 1.88 bits per heavy atom. The molecule has 1 saturated heterocycles. The Labute approximate surface area is 157 Å². The van der Waals surface area contributed by atoms with Crippen molar-refractivity contribution in [2.45, 2.75) is 13.0 Å². The smallest absolute Gasteiger partial charge is 0.227 e. The second kappa shape index (κ2) is 7.48. The quantitative estimate of drug-likeness (QED) is 0.769. The van der Waals surface area contributed by atoms with Crippen LogP contribution in [0.15, 0.2) is 48.8 Å². The lowest BCUT2D eigenvalue weighted by Gasteiger charge is -2.34. The molecule has 3 aromatic rings. The molecule has 0 aliphatic carbocycles. The normalized spacial score (nSPS) is 15.5. The number of carbonyl (C=O) groups excluding carboxylic acids is 1. The van der Waals surface area contributed by atoms with E-state index in [-0.39, 0.29) is 5.91 Å². The SMILES string of the molecule is O=C(Cc1ccc(Cl)cc1)N1CCN(Cc2cc3cnccc3[nH]2)CC1. The van der Waals surface area contributed by atoms with E-state index >= 15 is 0 Å². The first kappa shape index (κ1) is 17.1. The Morgan fingerprint density at radius 1 is 1.12 bits per heavy atom. The van der Waals surface area contributed by atoms with Crippen LogP contribution in [0, 0.1) is 0 Å². The molecule has 4 rings (SSSR count). The average Bonchev–Trinajstić information content (AvgIpc) is 3.06. The fraction of sp³-hybridized carbons (Fsp3) is 0.300. The summed E-state index contributed by atoms with van der Waals surface area (Å²) < 4.78 is 0. The minimum atomic E-state index is 0.184. The van der Waals surface area contributed by atoms with E-state index in [1.165, 1.54) is 5.69 Å². The number of hydrogen-bond acceptors (Lipinski definition) is 3. The van der Waals surface area contributed by atoms with Gasteiger partial charge < -0.3 is 9.88 Å². The van der Waals surface area contributed by atoms with E-state index in [2.05, 4.69) is 20.9 Å². The second-order valence-electron chi connectivity index (χ2n) is 6.72. The number of fused-ring (bicyclic) bond motifs is 1. The summed E-state index contributed by atoms with van der Waals surface area (Å²) in [4.78, 5) is 24.4. The lowest BCUT2D eigenvalue weighted by Crippen LogP contribution is -2.48. The zero-order valence-corrected chi connectivity index (χ0v) is 15.2. The number of benzene rings is 1. The number of piperazine rings is 1. The maximum atomic E-state index is 12.5. The van der Waals surface area contributed by atoms with Gasteiger partial charge in [0.25, 0.3) is 0 Å². The Bertz CT molecular complexity index is 865. The van der Waals surface area contributed by atoms with Gasteiger partial charge >= 0.3 is 0 Å². The van der Waals surface area contributed by atoms with E-state index in [1.54, 1.807) is 6.20 Å². The second-order valence-corrected chi connectivity index (χ2v) is 7.15. The summed E-state index contributed by atoms with van der Waals surface area (Å²) in [6.45, 7) is 4.19. The van der Waals surface area contributed by atoms with Gasteiger partial charge in [0, 0.05) is 66.7 Å². The maximum Gasteiger partial charge on any atom is 0.227 e. The number of H-pyrrole nitrogens is 1. The van der Waals surface area contributed by atoms with Gasteiger partial charge in [0.05, 0.1) is 6.42 Å². The van der Waals surface area contributed by atoms with Crippen molar-refractivity contribution in [2.24, 2.45) is 0 Å². The van der Waals surface area contributed by atoms with Gasteiger partial charge in [-0.1, -0.05) is 23.7 Å². The number of nitrogens with one attached hydrogen (secondary N) is 1. The Hall–Kier alpha value is -2.37. The molecule has 3 heterocycles. The fourth-order valence-corrected chi connectivity index (χ4v) is 3.53. The molecule has 2 aromatic heterocycles. The van der Waals surface area contributed by atoms with Crippen LogP contribution < -0.4 is 0 Å². The van der Waals surface area contributed by atoms with Crippen LogP contribution in [0.1, 0.15) is 11.3 Å². The monoisotopic (exact) mass is 368 g/mol. The summed E-state index contributed by atoms with van der Waals surface area (Å²) in [7, 11) is 0. The van der Waals surface area contributed by atoms with E-state index in [0.29, 0.717) is 11.4 Å². The van der Waals surface area contributed by atoms with Gasteiger partial charge in [-0.25, -0.2) is 0 Å². The molecule has 1 aromatic carbocycles. The van der Waals surface area contributed by atoms with Gasteiger partial charge in [-0.05, 0) is 29.8 Å². The summed E-state index contributed by atoms with van der Waals surface area (Å²) >= 11 is 5.90. The maximum absolute atomic E-state index is 12.5. The molecule has 1 aliphatic rings. The van der Waals surface area contributed by atoms with Crippen LogP contribution in [0.25, 0.3) is 10.9 Å². The van der Waals surface area contributed by atoms with Crippen molar-refractivity contribution in [1.29, 1.82) is 0 Å². The summed E-state index contributed by atoms with van der Waals surface area (Å²) in [5.74, 6) is 0.184. The number of nitrogens with zero attached hydrogens (tertiary/aromatic N) is 3. The molecule has 1 amide bonds. The lowest BCUT2D eigenvalue weighted by molar-refractivity contribution is -0.132. The molecule has 0 radical (unpaired) electrons. The van der Waals surface area contributed by atoms with Gasteiger partial charge in [-0.15, -0.1) is 0 Å². The first-order valence-electron chi connectivity index (χ1n) is 8.83. The van der Waals surface area contributed by atoms with E-state index in [9.17, 15) is 4.79 Å². The molecule has 5 nitrogen and oxygen atoms in total. The highest BCUT2D eigenvalue weighted by atomic mass is 35.5. The van der Waals surface area contributed by atoms with E-state index in [0.717, 1.165) is 49.2 Å². The molecule has 0 unspecified atom stereocenters. The molecule has 1 N–H and O–H groups in total. The van der Waals surface area contributed by atoms with E-state index in [1.807, 2.05) is 41.4 Å². The minimum absolute atomic E-state index is 0.184. The van der Waals surface area contributed by atoms with Crippen LogP contribution in [-0.4, -0.2) is 51.9 Å². The fourth-order valence-electron chi connectivity index (χ4n) is 3.40. The number of rotatable bonds is 4. The third-order valence-electron chi connectivity index (χ3n) is 4.86. The third-order valence-corrected chi connectivity index (χ3v) is 5.12. The predicted molar refractivity (Wildman–Crippen MR) is 103 cm³/mol. The number of aromatic nitrogens is 2. The van der Waals surface area contributed by atoms with Gasteiger partial charge in [0.2, 0.25) is 5.91 Å². The zero-order chi connectivity index (χ0) is 17.9. The largest absolute Gasteiger partial charge is 0.357 e. The molecule has 26 heavy (non-hydrogen) atoms. The van der Waals surface area contributed by atoms with E-state index in [4.69, 9.17) is 11.6 Å². The summed E-state index contributed by atoms with van der Waals surface area (Å²) in [5.41, 5.74) is 3.31. The van der Waals surface area contributed by atoms with Gasteiger partial charge in [-0.2, -0.15) is 0 Å². The molecular formula is C20H21ClN4O. The van der Waals surface area contributed by atoms with Crippen molar-refractivity contribution in [3.63, 3.8) is 0 Å². The molecule has 0 bridgehead atoms. The first-order valence-corrected chi connectivity index (χ1v) is 9.21. The van der Waals surface area contributed by atoms with Crippen LogP contribution in [0.4, 0.5) is 0 Å². The zero-order valence-electron chi connectivity index (χ0n) is 14.5. The Balaban J connectivity index is 1.30. The number of amides is 1. The highest BCUT2D eigenvalue weighted by Gasteiger charge is 2.21. The summed E-state index contributed by atoms with van der Waals surface area (Å²) in [5, 5.41) is 1.84. The topological polar surface area (TPSA) is 52.2 Å². The van der Waals surface area contributed by atoms with Crippen molar-refractivity contribution in [3.05, 3.63) is 65.1 Å². The standard InChI is InChI=1S/C20H21ClN4O/c21-17-3-1-15(2-4-17)11-20(26)25-9-7-24(8-10-25)14-18-12-16-13-22-6-5-19(16)23-18/h1-6,12-13,23H,7-11,14H2. The van der Waals surface area contributed by atoms with Gasteiger partial charge in [-0.3, -0.25) is 14.7 Å². The minimum Gasteiger partial charge on any atom is -0.357 e. The summed E-state index contributed by atoms with van der Waals surface area (Å²) in [6.07, 6.45) is 4.11. The van der Waals surface area contributed by atoms with Gasteiger partial charge in [0.1, 0.15) is 0 Å². The van der Waals surface area contributed by atoms with Crippen LogP contribution >= 0.6 is 11.6 Å².